The first-order valence-corrected chi connectivity index (χ1v) is 6.98. The monoisotopic (exact) mass is 304 g/mol. The number of furan rings is 1. The molecule has 1 saturated carbocycles. The summed E-state index contributed by atoms with van der Waals surface area (Å²) in [7, 11) is 0. The van der Waals surface area contributed by atoms with E-state index < -0.39 is 5.91 Å². The molecular formula is C15H13ClN2O3. The summed E-state index contributed by atoms with van der Waals surface area (Å²) in [6, 6.07) is 10.4. The van der Waals surface area contributed by atoms with Crippen molar-refractivity contribution in [1.29, 1.82) is 0 Å². The van der Waals surface area contributed by atoms with Crippen LogP contribution in [0, 0.1) is 5.92 Å². The molecule has 0 unspecified atom stereocenters. The van der Waals surface area contributed by atoms with E-state index in [1.165, 1.54) is 6.07 Å². The van der Waals surface area contributed by atoms with Crippen molar-refractivity contribution in [1.82, 2.24) is 10.9 Å². The van der Waals surface area contributed by atoms with E-state index in [4.69, 9.17) is 16.0 Å². The molecule has 6 heteroatoms. The molecule has 0 atom stereocenters. The van der Waals surface area contributed by atoms with Gasteiger partial charge in [0.2, 0.25) is 5.91 Å². The molecule has 5 nitrogen and oxygen atoms in total. The first-order valence-electron chi connectivity index (χ1n) is 6.60. The molecule has 1 aliphatic carbocycles. The second-order valence-corrected chi connectivity index (χ2v) is 5.27. The van der Waals surface area contributed by atoms with E-state index in [0.717, 1.165) is 12.8 Å². The minimum atomic E-state index is -0.498. The number of nitrogens with one attached hydrogen (secondary N) is 2. The molecule has 3 rings (SSSR count). The Bertz CT molecular complexity index is 692. The number of carbonyl (C=O) groups excluding carboxylic acids is 2. The van der Waals surface area contributed by atoms with Crippen LogP contribution in [0.1, 0.15) is 23.4 Å². The van der Waals surface area contributed by atoms with E-state index in [1.807, 2.05) is 12.1 Å². The molecule has 0 saturated heterocycles. The highest BCUT2D eigenvalue weighted by molar-refractivity contribution is 6.33. The molecule has 1 aromatic heterocycles. The largest absolute Gasteiger partial charge is 0.451 e. The Hall–Kier alpha value is -2.27. The molecule has 21 heavy (non-hydrogen) atoms. The van der Waals surface area contributed by atoms with Crippen LogP contribution >= 0.6 is 11.6 Å². The van der Waals surface area contributed by atoms with Crippen LogP contribution < -0.4 is 10.9 Å². The van der Waals surface area contributed by atoms with E-state index in [-0.39, 0.29) is 17.6 Å². The summed E-state index contributed by atoms with van der Waals surface area (Å²) >= 11 is 6.07. The second kappa shape index (κ2) is 5.61. The topological polar surface area (TPSA) is 71.3 Å². The predicted molar refractivity (Wildman–Crippen MR) is 77.5 cm³/mol. The first-order chi connectivity index (χ1) is 10.1. The number of hydrazine groups is 1. The van der Waals surface area contributed by atoms with E-state index >= 15 is 0 Å². The van der Waals surface area contributed by atoms with Gasteiger partial charge in [-0.2, -0.15) is 0 Å². The van der Waals surface area contributed by atoms with Crippen molar-refractivity contribution in [2.75, 3.05) is 0 Å². The molecule has 1 heterocycles. The lowest BCUT2D eigenvalue weighted by Gasteiger charge is -2.04. The minimum Gasteiger partial charge on any atom is -0.451 e. The van der Waals surface area contributed by atoms with Crippen LogP contribution in [-0.2, 0) is 4.79 Å². The first kappa shape index (κ1) is 13.7. The lowest BCUT2D eigenvalue weighted by Crippen LogP contribution is -2.42. The summed E-state index contributed by atoms with van der Waals surface area (Å²) in [4.78, 5) is 23.3. The van der Waals surface area contributed by atoms with Crippen molar-refractivity contribution < 1.29 is 14.0 Å². The number of halogens is 1. The Balaban J connectivity index is 1.68. The van der Waals surface area contributed by atoms with E-state index in [1.54, 1.807) is 18.2 Å². The van der Waals surface area contributed by atoms with Gasteiger partial charge in [0, 0.05) is 11.5 Å². The summed E-state index contributed by atoms with van der Waals surface area (Å²) in [5.41, 5.74) is 5.42. The molecular weight excluding hydrogens is 292 g/mol. The molecule has 1 aliphatic rings. The number of amides is 2. The Labute approximate surface area is 126 Å². The average molecular weight is 305 g/mol. The number of benzene rings is 1. The highest BCUT2D eigenvalue weighted by Gasteiger charge is 2.30. The fraction of sp³-hybridized carbons (Fsp3) is 0.200. The average Bonchev–Trinajstić information content (AvgIpc) is 3.23. The van der Waals surface area contributed by atoms with E-state index in [0.29, 0.717) is 16.3 Å². The Kier molecular flexibility index (Phi) is 3.66. The second-order valence-electron chi connectivity index (χ2n) is 4.86. The molecule has 2 N–H and O–H groups in total. The van der Waals surface area contributed by atoms with E-state index in [2.05, 4.69) is 10.9 Å². The maximum atomic E-state index is 11.9. The number of hydrogen-bond acceptors (Lipinski definition) is 3. The van der Waals surface area contributed by atoms with E-state index in [9.17, 15) is 9.59 Å². The summed E-state index contributed by atoms with van der Waals surface area (Å²) in [6.07, 6.45) is 1.75. The minimum absolute atomic E-state index is 0.0283. The van der Waals surface area contributed by atoms with Crippen LogP contribution in [0.25, 0.3) is 11.3 Å². The quantitative estimate of drug-likeness (QED) is 0.857. The SMILES string of the molecule is O=C(NNC(=O)C1CC1)c1ccc(-c2ccccc2Cl)o1. The molecule has 0 bridgehead atoms. The molecule has 2 aromatic rings. The van der Waals surface area contributed by atoms with Gasteiger partial charge in [-0.05, 0) is 37.1 Å². The highest BCUT2D eigenvalue weighted by Crippen LogP contribution is 2.29. The third kappa shape index (κ3) is 3.08. The summed E-state index contributed by atoms with van der Waals surface area (Å²) in [6.45, 7) is 0. The maximum Gasteiger partial charge on any atom is 0.305 e. The zero-order valence-electron chi connectivity index (χ0n) is 11.1. The molecule has 2 amide bonds. The van der Waals surface area contributed by atoms with Gasteiger partial charge in [0.1, 0.15) is 5.76 Å². The van der Waals surface area contributed by atoms with Crippen molar-refractivity contribution in [3.63, 3.8) is 0 Å². The van der Waals surface area contributed by atoms with Gasteiger partial charge < -0.3 is 4.42 Å². The van der Waals surface area contributed by atoms with Gasteiger partial charge in [0.05, 0.1) is 5.02 Å². The summed E-state index contributed by atoms with van der Waals surface area (Å²) in [5, 5.41) is 0.542. The van der Waals surface area contributed by atoms with Crippen molar-refractivity contribution in [2.24, 2.45) is 5.92 Å². The van der Waals surface area contributed by atoms with Crippen LogP contribution in [0.15, 0.2) is 40.8 Å². The number of hydrogen-bond donors (Lipinski definition) is 2. The maximum absolute atomic E-state index is 11.9. The van der Waals surface area contributed by atoms with Crippen LogP contribution in [0.4, 0.5) is 0 Å². The zero-order valence-corrected chi connectivity index (χ0v) is 11.8. The van der Waals surface area contributed by atoms with Crippen LogP contribution in [-0.4, -0.2) is 11.8 Å². The third-order valence-corrected chi connectivity index (χ3v) is 3.55. The van der Waals surface area contributed by atoms with Gasteiger partial charge in [-0.15, -0.1) is 0 Å². The number of rotatable bonds is 3. The predicted octanol–water partition coefficient (Wildman–Crippen LogP) is 2.77. The smallest absolute Gasteiger partial charge is 0.305 e. The Morgan fingerprint density at radius 1 is 1.10 bits per heavy atom. The fourth-order valence-corrected chi connectivity index (χ4v) is 2.12. The number of carbonyl (C=O) groups is 2. The molecule has 108 valence electrons. The van der Waals surface area contributed by atoms with Crippen LogP contribution in [0.2, 0.25) is 5.02 Å². The van der Waals surface area contributed by atoms with Gasteiger partial charge in [0.25, 0.3) is 0 Å². The molecule has 0 aliphatic heterocycles. The van der Waals surface area contributed by atoms with Gasteiger partial charge >= 0.3 is 5.91 Å². The van der Waals surface area contributed by atoms with Crippen molar-refractivity contribution >= 4 is 23.4 Å². The third-order valence-electron chi connectivity index (χ3n) is 3.22. The lowest BCUT2D eigenvalue weighted by molar-refractivity contribution is -0.123. The van der Waals surface area contributed by atoms with Gasteiger partial charge in [-0.1, -0.05) is 23.7 Å². The zero-order chi connectivity index (χ0) is 14.8. The van der Waals surface area contributed by atoms with Crippen LogP contribution in [0.3, 0.4) is 0 Å². The van der Waals surface area contributed by atoms with Gasteiger partial charge in [-0.3, -0.25) is 20.4 Å². The molecule has 1 fully saturated rings. The summed E-state index contributed by atoms with van der Waals surface area (Å²) in [5.74, 6) is -0.0237. The molecule has 0 spiro atoms. The summed E-state index contributed by atoms with van der Waals surface area (Å²) < 4.78 is 5.47. The molecule has 1 aromatic carbocycles. The van der Waals surface area contributed by atoms with Crippen molar-refractivity contribution in [3.05, 3.63) is 47.2 Å². The van der Waals surface area contributed by atoms with Crippen LogP contribution in [0.5, 0.6) is 0 Å². The van der Waals surface area contributed by atoms with Gasteiger partial charge in [0.15, 0.2) is 5.76 Å². The lowest BCUT2D eigenvalue weighted by atomic mass is 10.2. The fourth-order valence-electron chi connectivity index (χ4n) is 1.89. The Morgan fingerprint density at radius 2 is 1.86 bits per heavy atom. The Morgan fingerprint density at radius 3 is 2.57 bits per heavy atom. The van der Waals surface area contributed by atoms with Gasteiger partial charge in [-0.25, -0.2) is 0 Å². The molecule has 0 radical (unpaired) electrons. The van der Waals surface area contributed by atoms with Crippen molar-refractivity contribution in [2.45, 2.75) is 12.8 Å². The standard InChI is InChI=1S/C15H13ClN2O3/c16-11-4-2-1-3-10(11)12-7-8-13(21-12)15(20)18-17-14(19)9-5-6-9/h1-4,7-9H,5-6H2,(H,17,19)(H,18,20). The highest BCUT2D eigenvalue weighted by atomic mass is 35.5. The normalized spacial score (nSPS) is 13.8. The van der Waals surface area contributed by atoms with Crippen molar-refractivity contribution in [3.8, 4) is 11.3 Å².